The van der Waals surface area contributed by atoms with Gasteiger partial charge in [-0.25, -0.2) is 4.98 Å². The third-order valence-electron chi connectivity index (χ3n) is 3.74. The average molecular weight is 259 g/mol. The van der Waals surface area contributed by atoms with E-state index in [4.69, 9.17) is 4.42 Å². The van der Waals surface area contributed by atoms with Gasteiger partial charge in [0.05, 0.1) is 11.6 Å². The fraction of sp³-hybridized carbons (Fsp3) is 0.533. The van der Waals surface area contributed by atoms with Crippen molar-refractivity contribution in [3.8, 4) is 0 Å². The number of likely N-dealkylation sites (tertiary alicyclic amines) is 1. The summed E-state index contributed by atoms with van der Waals surface area (Å²) in [6, 6.07) is 4.26. The Morgan fingerprint density at radius 1 is 1.32 bits per heavy atom. The summed E-state index contributed by atoms with van der Waals surface area (Å²) in [5, 5.41) is 4.57. The highest BCUT2D eigenvalue weighted by Crippen LogP contribution is 2.22. The van der Waals surface area contributed by atoms with Crippen LogP contribution in [-0.4, -0.2) is 35.6 Å². The van der Waals surface area contributed by atoms with Crippen molar-refractivity contribution in [3.63, 3.8) is 0 Å². The van der Waals surface area contributed by atoms with E-state index in [1.807, 2.05) is 12.1 Å². The van der Waals surface area contributed by atoms with Crippen LogP contribution in [0.1, 0.15) is 26.2 Å². The van der Waals surface area contributed by atoms with Gasteiger partial charge in [-0.1, -0.05) is 6.42 Å². The summed E-state index contributed by atoms with van der Waals surface area (Å²) >= 11 is 0. The van der Waals surface area contributed by atoms with Gasteiger partial charge in [-0.05, 0) is 45.0 Å². The van der Waals surface area contributed by atoms with Gasteiger partial charge in [-0.2, -0.15) is 0 Å². The van der Waals surface area contributed by atoms with Crippen LogP contribution in [0.15, 0.2) is 29.0 Å². The highest BCUT2D eigenvalue weighted by Gasteiger charge is 2.14. The molecule has 0 radical (unpaired) electrons. The highest BCUT2D eigenvalue weighted by atomic mass is 16.3. The first-order valence-corrected chi connectivity index (χ1v) is 7.14. The predicted octanol–water partition coefficient (Wildman–Crippen LogP) is 3.11. The van der Waals surface area contributed by atoms with E-state index in [2.05, 4.69) is 22.1 Å². The second kappa shape index (κ2) is 5.61. The minimum atomic E-state index is 0.395. The summed E-state index contributed by atoms with van der Waals surface area (Å²) < 4.78 is 5.40. The maximum atomic E-state index is 5.40. The SMILES string of the molecule is CC(CN1CCCCC1)Nc1nccc2occc12. The van der Waals surface area contributed by atoms with Gasteiger partial charge >= 0.3 is 0 Å². The molecule has 2 aromatic rings. The van der Waals surface area contributed by atoms with E-state index in [0.29, 0.717) is 6.04 Å². The molecule has 19 heavy (non-hydrogen) atoms. The largest absolute Gasteiger partial charge is 0.464 e. The Morgan fingerprint density at radius 2 is 2.16 bits per heavy atom. The number of fused-ring (bicyclic) bond motifs is 1. The van der Waals surface area contributed by atoms with E-state index in [9.17, 15) is 0 Å². The number of hydrogen-bond donors (Lipinski definition) is 1. The van der Waals surface area contributed by atoms with Crippen LogP contribution in [0.4, 0.5) is 5.82 Å². The molecule has 0 saturated carbocycles. The molecule has 0 aliphatic carbocycles. The lowest BCUT2D eigenvalue weighted by Gasteiger charge is -2.29. The van der Waals surface area contributed by atoms with Crippen molar-refractivity contribution in [1.29, 1.82) is 0 Å². The van der Waals surface area contributed by atoms with Crippen LogP contribution in [0.5, 0.6) is 0 Å². The second-order valence-corrected chi connectivity index (χ2v) is 5.40. The molecule has 0 spiro atoms. The number of nitrogens with one attached hydrogen (secondary N) is 1. The Bertz CT molecular complexity index is 531. The lowest BCUT2D eigenvalue weighted by molar-refractivity contribution is 0.223. The summed E-state index contributed by atoms with van der Waals surface area (Å²) in [6.07, 6.45) is 7.56. The van der Waals surface area contributed by atoms with E-state index < -0.39 is 0 Å². The van der Waals surface area contributed by atoms with Crippen LogP contribution >= 0.6 is 0 Å². The Hall–Kier alpha value is -1.55. The van der Waals surface area contributed by atoms with Gasteiger partial charge in [0, 0.05) is 18.8 Å². The maximum absolute atomic E-state index is 5.40. The van der Waals surface area contributed by atoms with Crippen molar-refractivity contribution in [2.75, 3.05) is 25.0 Å². The lowest BCUT2D eigenvalue weighted by atomic mass is 10.1. The first kappa shape index (κ1) is 12.5. The fourth-order valence-corrected chi connectivity index (χ4v) is 2.82. The van der Waals surface area contributed by atoms with Gasteiger partial charge in [0.1, 0.15) is 11.4 Å². The molecule has 0 amide bonds. The molecule has 1 atom stereocenters. The monoisotopic (exact) mass is 259 g/mol. The number of anilines is 1. The Balaban J connectivity index is 1.65. The number of furan rings is 1. The van der Waals surface area contributed by atoms with Crippen LogP contribution in [0.25, 0.3) is 11.0 Å². The Morgan fingerprint density at radius 3 is 3.00 bits per heavy atom. The molecule has 2 aromatic heterocycles. The number of nitrogens with zero attached hydrogens (tertiary/aromatic N) is 2. The summed E-state index contributed by atoms with van der Waals surface area (Å²) in [5.41, 5.74) is 0.891. The second-order valence-electron chi connectivity index (χ2n) is 5.40. The highest BCUT2D eigenvalue weighted by molar-refractivity contribution is 5.87. The number of hydrogen-bond acceptors (Lipinski definition) is 4. The quantitative estimate of drug-likeness (QED) is 0.916. The zero-order valence-corrected chi connectivity index (χ0v) is 11.4. The molecule has 0 bridgehead atoms. The summed E-state index contributed by atoms with van der Waals surface area (Å²) in [4.78, 5) is 6.96. The van der Waals surface area contributed by atoms with Crippen LogP contribution in [-0.2, 0) is 0 Å². The average Bonchev–Trinajstić information content (AvgIpc) is 2.89. The minimum Gasteiger partial charge on any atom is -0.464 e. The first-order chi connectivity index (χ1) is 9.33. The van der Waals surface area contributed by atoms with Crippen LogP contribution in [0.3, 0.4) is 0 Å². The van der Waals surface area contributed by atoms with E-state index in [1.165, 1.54) is 32.4 Å². The van der Waals surface area contributed by atoms with Crippen molar-refractivity contribution in [2.45, 2.75) is 32.2 Å². The molecule has 4 nitrogen and oxygen atoms in total. The maximum Gasteiger partial charge on any atom is 0.139 e. The molecule has 102 valence electrons. The van der Waals surface area contributed by atoms with Gasteiger partial charge in [-0.15, -0.1) is 0 Å². The summed E-state index contributed by atoms with van der Waals surface area (Å²) in [5.74, 6) is 0.927. The Kier molecular flexibility index (Phi) is 3.69. The third-order valence-corrected chi connectivity index (χ3v) is 3.74. The number of rotatable bonds is 4. The standard InChI is InChI=1S/C15H21N3O/c1-12(11-18-8-3-2-4-9-18)17-15-13-6-10-19-14(13)5-7-16-15/h5-7,10,12H,2-4,8-9,11H2,1H3,(H,16,17). The number of piperidine rings is 1. The van der Waals surface area contributed by atoms with Crippen LogP contribution in [0.2, 0.25) is 0 Å². The molecule has 4 heteroatoms. The van der Waals surface area contributed by atoms with E-state index in [0.717, 1.165) is 23.3 Å². The van der Waals surface area contributed by atoms with Crippen molar-refractivity contribution < 1.29 is 4.42 Å². The van der Waals surface area contributed by atoms with E-state index in [-0.39, 0.29) is 0 Å². The van der Waals surface area contributed by atoms with Crippen LogP contribution < -0.4 is 5.32 Å². The van der Waals surface area contributed by atoms with Crippen LogP contribution in [0, 0.1) is 0 Å². The Labute approximate surface area is 113 Å². The normalized spacial score (nSPS) is 18.6. The van der Waals surface area contributed by atoms with Crippen molar-refractivity contribution in [3.05, 3.63) is 24.6 Å². The number of aromatic nitrogens is 1. The van der Waals surface area contributed by atoms with Gasteiger partial charge in [0.2, 0.25) is 0 Å². The summed E-state index contributed by atoms with van der Waals surface area (Å²) in [6.45, 7) is 5.76. The molecule has 1 aliphatic heterocycles. The van der Waals surface area contributed by atoms with Gasteiger partial charge < -0.3 is 14.6 Å². The molecule has 1 fully saturated rings. The number of pyridine rings is 1. The predicted molar refractivity (Wildman–Crippen MR) is 77.4 cm³/mol. The lowest BCUT2D eigenvalue weighted by Crippen LogP contribution is -2.38. The summed E-state index contributed by atoms with van der Waals surface area (Å²) in [7, 11) is 0. The zero-order chi connectivity index (χ0) is 13.1. The van der Waals surface area contributed by atoms with Gasteiger partial charge in [0.25, 0.3) is 0 Å². The molecule has 1 saturated heterocycles. The van der Waals surface area contributed by atoms with Gasteiger partial charge in [0.15, 0.2) is 0 Å². The molecule has 0 aromatic carbocycles. The molecule has 3 rings (SSSR count). The molecule has 3 heterocycles. The first-order valence-electron chi connectivity index (χ1n) is 7.14. The van der Waals surface area contributed by atoms with Crippen molar-refractivity contribution >= 4 is 16.8 Å². The minimum absolute atomic E-state index is 0.395. The molecule has 1 aliphatic rings. The molecular weight excluding hydrogens is 238 g/mol. The zero-order valence-electron chi connectivity index (χ0n) is 11.4. The molecular formula is C15H21N3O. The topological polar surface area (TPSA) is 41.3 Å². The third kappa shape index (κ3) is 2.89. The molecule has 1 N–H and O–H groups in total. The molecule has 1 unspecified atom stereocenters. The van der Waals surface area contributed by atoms with Gasteiger partial charge in [-0.3, -0.25) is 0 Å². The van der Waals surface area contributed by atoms with Crippen molar-refractivity contribution in [1.82, 2.24) is 9.88 Å². The van der Waals surface area contributed by atoms with E-state index >= 15 is 0 Å². The van der Waals surface area contributed by atoms with E-state index in [1.54, 1.807) is 12.5 Å². The smallest absolute Gasteiger partial charge is 0.139 e. The fourth-order valence-electron chi connectivity index (χ4n) is 2.82. The van der Waals surface area contributed by atoms with Crippen molar-refractivity contribution in [2.24, 2.45) is 0 Å².